The number of benzene rings is 1. The summed E-state index contributed by atoms with van der Waals surface area (Å²) in [5.41, 5.74) is -0.177. The molecule has 0 spiro atoms. The first-order valence-corrected chi connectivity index (χ1v) is 9.36. The fourth-order valence-electron chi connectivity index (χ4n) is 2.95. The molecule has 1 aliphatic heterocycles. The van der Waals surface area contributed by atoms with Crippen LogP contribution in [0.25, 0.3) is 0 Å². The lowest BCUT2D eigenvalue weighted by Crippen LogP contribution is -2.47. The number of ether oxygens (including phenoxy) is 3. The third kappa shape index (κ3) is 5.46. The van der Waals surface area contributed by atoms with Gasteiger partial charge in [-0.15, -0.1) is 12.4 Å². The van der Waals surface area contributed by atoms with Crippen molar-refractivity contribution < 1.29 is 22.6 Å². The van der Waals surface area contributed by atoms with Gasteiger partial charge in [0.2, 0.25) is 10.0 Å². The van der Waals surface area contributed by atoms with Gasteiger partial charge in [-0.1, -0.05) is 0 Å². The van der Waals surface area contributed by atoms with Crippen molar-refractivity contribution in [2.45, 2.75) is 17.7 Å². The first-order valence-electron chi connectivity index (χ1n) is 7.88. The Morgan fingerprint density at radius 1 is 1.12 bits per heavy atom. The monoisotopic (exact) mass is 394 g/mol. The lowest BCUT2D eigenvalue weighted by molar-refractivity contribution is 0.0577. The molecule has 25 heavy (non-hydrogen) atoms. The van der Waals surface area contributed by atoms with E-state index < -0.39 is 10.0 Å². The normalized spacial score (nSPS) is 16.8. The van der Waals surface area contributed by atoms with Gasteiger partial charge >= 0.3 is 0 Å². The summed E-state index contributed by atoms with van der Waals surface area (Å²) in [5, 5.41) is 3.29. The van der Waals surface area contributed by atoms with Gasteiger partial charge < -0.3 is 19.5 Å². The molecule has 0 radical (unpaired) electrons. The van der Waals surface area contributed by atoms with Crippen molar-refractivity contribution in [3.8, 4) is 11.5 Å². The summed E-state index contributed by atoms with van der Waals surface area (Å²) < 4.78 is 43.6. The van der Waals surface area contributed by atoms with Crippen LogP contribution >= 0.6 is 12.4 Å². The predicted octanol–water partition coefficient (Wildman–Crippen LogP) is 1.42. The van der Waals surface area contributed by atoms with E-state index in [9.17, 15) is 8.42 Å². The minimum atomic E-state index is -3.64. The Bertz CT molecular complexity index is 642. The smallest absolute Gasteiger partial charge is 0.240 e. The molecular weight excluding hydrogens is 368 g/mol. The van der Waals surface area contributed by atoms with Crippen LogP contribution in [0.15, 0.2) is 23.1 Å². The molecular formula is C16H27ClN2O5S. The lowest BCUT2D eigenvalue weighted by atomic mass is 9.80. The number of rotatable bonds is 8. The maximum atomic E-state index is 12.6. The number of halogens is 1. The second-order valence-corrected chi connectivity index (χ2v) is 7.79. The van der Waals surface area contributed by atoms with Gasteiger partial charge in [0.15, 0.2) is 11.5 Å². The zero-order valence-electron chi connectivity index (χ0n) is 14.8. The molecule has 1 aromatic carbocycles. The fraction of sp³-hybridized carbons (Fsp3) is 0.625. The van der Waals surface area contributed by atoms with E-state index in [0.717, 1.165) is 25.9 Å². The zero-order chi connectivity index (χ0) is 17.6. The minimum Gasteiger partial charge on any atom is -0.493 e. The van der Waals surface area contributed by atoms with E-state index in [2.05, 4.69) is 10.0 Å². The van der Waals surface area contributed by atoms with E-state index in [1.807, 2.05) is 0 Å². The molecule has 1 aliphatic rings. The van der Waals surface area contributed by atoms with Gasteiger partial charge in [0.25, 0.3) is 0 Å². The molecule has 1 heterocycles. The summed E-state index contributed by atoms with van der Waals surface area (Å²) in [6, 6.07) is 4.56. The van der Waals surface area contributed by atoms with Crippen molar-refractivity contribution in [2.24, 2.45) is 5.41 Å². The summed E-state index contributed by atoms with van der Waals surface area (Å²) in [5.74, 6) is 0.875. The molecule has 0 amide bonds. The average Bonchev–Trinajstić information content (AvgIpc) is 2.60. The molecule has 2 N–H and O–H groups in total. The van der Waals surface area contributed by atoms with Gasteiger partial charge in [-0.3, -0.25) is 0 Å². The number of nitrogens with one attached hydrogen (secondary N) is 2. The summed E-state index contributed by atoms with van der Waals surface area (Å²) in [4.78, 5) is 0.154. The van der Waals surface area contributed by atoms with Gasteiger partial charge in [0.05, 0.1) is 25.7 Å². The maximum Gasteiger partial charge on any atom is 0.240 e. The highest BCUT2D eigenvalue weighted by atomic mass is 35.5. The maximum absolute atomic E-state index is 12.6. The van der Waals surface area contributed by atoms with Crippen LogP contribution in [-0.2, 0) is 14.8 Å². The SMILES string of the molecule is COCC1(CNS(=O)(=O)c2ccc(OC)c(OC)c2)CCNCC1.Cl. The Balaban J connectivity index is 0.00000312. The van der Waals surface area contributed by atoms with E-state index in [-0.39, 0.29) is 22.7 Å². The second-order valence-electron chi connectivity index (χ2n) is 6.02. The Labute approximate surface area is 155 Å². The van der Waals surface area contributed by atoms with Crippen LogP contribution in [-0.4, -0.2) is 56.0 Å². The summed E-state index contributed by atoms with van der Waals surface area (Å²) >= 11 is 0. The number of sulfonamides is 1. The molecule has 1 fully saturated rings. The number of methoxy groups -OCH3 is 3. The zero-order valence-corrected chi connectivity index (χ0v) is 16.5. The first kappa shape index (κ1) is 22.0. The van der Waals surface area contributed by atoms with Gasteiger partial charge in [0.1, 0.15) is 0 Å². The molecule has 0 bridgehead atoms. The molecule has 0 saturated carbocycles. The molecule has 0 atom stereocenters. The van der Waals surface area contributed by atoms with Crippen LogP contribution in [0.5, 0.6) is 11.5 Å². The molecule has 9 heteroatoms. The van der Waals surface area contributed by atoms with Crippen LogP contribution in [0.4, 0.5) is 0 Å². The molecule has 0 aliphatic carbocycles. The largest absolute Gasteiger partial charge is 0.493 e. The van der Waals surface area contributed by atoms with Crippen molar-refractivity contribution in [1.29, 1.82) is 0 Å². The minimum absolute atomic E-state index is 0. The molecule has 0 aromatic heterocycles. The van der Waals surface area contributed by atoms with E-state index in [1.165, 1.54) is 26.4 Å². The van der Waals surface area contributed by atoms with E-state index >= 15 is 0 Å². The quantitative estimate of drug-likeness (QED) is 0.693. The standard InChI is InChI=1S/C16H26N2O5S.ClH/c1-21-12-16(6-8-17-9-7-16)11-18-24(19,20)13-4-5-14(22-2)15(10-13)23-3;/h4-5,10,17-18H,6-9,11-12H2,1-3H3;1H. The molecule has 1 saturated heterocycles. The van der Waals surface area contributed by atoms with Gasteiger partial charge in [-0.25, -0.2) is 13.1 Å². The lowest BCUT2D eigenvalue weighted by Gasteiger charge is -2.37. The van der Waals surface area contributed by atoms with E-state index in [0.29, 0.717) is 24.7 Å². The van der Waals surface area contributed by atoms with E-state index in [1.54, 1.807) is 13.2 Å². The van der Waals surface area contributed by atoms with Crippen LogP contribution in [0.2, 0.25) is 0 Å². The molecule has 144 valence electrons. The number of hydrogen-bond acceptors (Lipinski definition) is 6. The highest BCUT2D eigenvalue weighted by Gasteiger charge is 2.33. The Morgan fingerprint density at radius 3 is 2.32 bits per heavy atom. The second kappa shape index (κ2) is 9.59. The third-order valence-corrected chi connectivity index (χ3v) is 5.82. The van der Waals surface area contributed by atoms with Gasteiger partial charge in [-0.05, 0) is 38.1 Å². The van der Waals surface area contributed by atoms with Gasteiger partial charge in [-0.2, -0.15) is 0 Å². The van der Waals surface area contributed by atoms with Crippen molar-refractivity contribution in [1.82, 2.24) is 10.0 Å². The van der Waals surface area contributed by atoms with Crippen LogP contribution < -0.4 is 19.5 Å². The molecule has 0 unspecified atom stereocenters. The Morgan fingerprint density at radius 2 is 1.76 bits per heavy atom. The van der Waals surface area contributed by atoms with Crippen molar-refractivity contribution in [3.63, 3.8) is 0 Å². The Hall–Kier alpha value is -1.06. The van der Waals surface area contributed by atoms with Gasteiger partial charge in [0, 0.05) is 25.1 Å². The summed E-state index contributed by atoms with van der Waals surface area (Å²) in [6.45, 7) is 2.60. The number of piperidine rings is 1. The average molecular weight is 395 g/mol. The first-order chi connectivity index (χ1) is 11.5. The predicted molar refractivity (Wildman–Crippen MR) is 98.4 cm³/mol. The fourth-order valence-corrected chi connectivity index (χ4v) is 4.12. The highest BCUT2D eigenvalue weighted by molar-refractivity contribution is 7.89. The van der Waals surface area contributed by atoms with E-state index in [4.69, 9.17) is 14.2 Å². The molecule has 7 nitrogen and oxygen atoms in total. The molecule has 1 aromatic rings. The third-order valence-electron chi connectivity index (χ3n) is 4.42. The summed E-state index contributed by atoms with van der Waals surface area (Å²) in [7, 11) is 0.997. The van der Waals surface area contributed by atoms with Crippen molar-refractivity contribution in [2.75, 3.05) is 47.6 Å². The van der Waals surface area contributed by atoms with Crippen molar-refractivity contribution in [3.05, 3.63) is 18.2 Å². The number of hydrogen-bond donors (Lipinski definition) is 2. The topological polar surface area (TPSA) is 85.9 Å². The Kier molecular flexibility index (Phi) is 8.43. The van der Waals surface area contributed by atoms with Crippen LogP contribution in [0, 0.1) is 5.41 Å². The highest BCUT2D eigenvalue weighted by Crippen LogP contribution is 2.31. The van der Waals surface area contributed by atoms with Crippen LogP contribution in [0.3, 0.4) is 0 Å². The summed E-state index contributed by atoms with van der Waals surface area (Å²) in [6.07, 6.45) is 1.74. The molecule has 2 rings (SSSR count). The van der Waals surface area contributed by atoms with Crippen LogP contribution in [0.1, 0.15) is 12.8 Å². The van der Waals surface area contributed by atoms with Crippen molar-refractivity contribution >= 4 is 22.4 Å².